The Hall–Kier alpha value is -1.36. The summed E-state index contributed by atoms with van der Waals surface area (Å²) < 4.78 is 2.15. The van der Waals surface area contributed by atoms with Gasteiger partial charge in [0.1, 0.15) is 0 Å². The van der Waals surface area contributed by atoms with Crippen LogP contribution >= 0.6 is 0 Å². The van der Waals surface area contributed by atoms with Gasteiger partial charge in [0.2, 0.25) is 0 Å². The monoisotopic (exact) mass is 247 g/mol. The molecule has 2 aromatic rings. The summed E-state index contributed by atoms with van der Waals surface area (Å²) in [6.45, 7) is 1.72. The number of benzene rings is 1. The largest absolute Gasteiger partial charge is 0.390 e. The zero-order valence-electron chi connectivity index (χ0n) is 10.8. The number of aryl methyl sites for hydroxylation is 1. The minimum Gasteiger partial charge on any atom is -0.390 e. The second-order valence-corrected chi connectivity index (χ2v) is 4.63. The molecule has 0 bridgehead atoms. The van der Waals surface area contributed by atoms with E-state index in [4.69, 9.17) is 5.73 Å². The Bertz CT molecular complexity index is 507. The van der Waals surface area contributed by atoms with E-state index in [1.54, 1.807) is 0 Å². The van der Waals surface area contributed by atoms with Gasteiger partial charge in [0.15, 0.2) is 0 Å². The van der Waals surface area contributed by atoms with Crippen LogP contribution in [0.3, 0.4) is 0 Å². The van der Waals surface area contributed by atoms with E-state index in [0.717, 1.165) is 13.0 Å². The molecule has 1 heterocycles. The lowest BCUT2D eigenvalue weighted by Crippen LogP contribution is -2.33. The van der Waals surface area contributed by atoms with Crippen LogP contribution in [0.5, 0.6) is 0 Å². The number of aliphatic hydroxyl groups is 1. The molecule has 0 amide bonds. The summed E-state index contributed by atoms with van der Waals surface area (Å²) in [5, 5.41) is 13.9. The molecule has 1 atom stereocenters. The number of aromatic nitrogens is 1. The van der Waals surface area contributed by atoms with Crippen LogP contribution in [0.4, 0.5) is 0 Å². The molecule has 18 heavy (non-hydrogen) atoms. The summed E-state index contributed by atoms with van der Waals surface area (Å²) in [5.74, 6) is 0. The van der Waals surface area contributed by atoms with Crippen LogP contribution < -0.4 is 11.1 Å². The Labute approximate surface area is 107 Å². The summed E-state index contributed by atoms with van der Waals surface area (Å²) >= 11 is 0. The lowest BCUT2D eigenvalue weighted by Gasteiger charge is -2.08. The fourth-order valence-electron chi connectivity index (χ4n) is 2.20. The molecule has 0 fully saturated rings. The van der Waals surface area contributed by atoms with Crippen LogP contribution in [0.2, 0.25) is 0 Å². The van der Waals surface area contributed by atoms with E-state index in [-0.39, 0.29) is 0 Å². The summed E-state index contributed by atoms with van der Waals surface area (Å²) in [7, 11) is 2.07. The maximum atomic E-state index is 9.34. The number of hydrogen-bond acceptors (Lipinski definition) is 3. The molecule has 0 radical (unpaired) electrons. The first kappa shape index (κ1) is 13.1. The van der Waals surface area contributed by atoms with Crippen molar-refractivity contribution in [2.45, 2.75) is 12.5 Å². The van der Waals surface area contributed by atoms with Gasteiger partial charge in [0, 0.05) is 37.2 Å². The van der Waals surface area contributed by atoms with E-state index in [1.165, 1.54) is 16.5 Å². The van der Waals surface area contributed by atoms with E-state index in [0.29, 0.717) is 13.1 Å². The summed E-state index contributed by atoms with van der Waals surface area (Å²) in [4.78, 5) is 0. The van der Waals surface area contributed by atoms with Crippen LogP contribution in [0.25, 0.3) is 10.9 Å². The second kappa shape index (κ2) is 6.00. The van der Waals surface area contributed by atoms with Gasteiger partial charge in [-0.15, -0.1) is 0 Å². The van der Waals surface area contributed by atoms with Gasteiger partial charge in [0.05, 0.1) is 6.10 Å². The Kier molecular flexibility index (Phi) is 4.36. The molecule has 0 saturated carbocycles. The quantitative estimate of drug-likeness (QED) is 0.656. The molecule has 4 N–H and O–H groups in total. The molecule has 1 aromatic carbocycles. The number of fused-ring (bicyclic) bond motifs is 1. The molecule has 0 aliphatic carbocycles. The van der Waals surface area contributed by atoms with Crippen molar-refractivity contribution in [3.63, 3.8) is 0 Å². The van der Waals surface area contributed by atoms with Crippen molar-refractivity contribution >= 4 is 10.9 Å². The fourth-order valence-corrected chi connectivity index (χ4v) is 2.20. The average molecular weight is 247 g/mol. The SMILES string of the molecule is Cn1cc(CCNCC(O)CN)c2ccccc21. The van der Waals surface area contributed by atoms with E-state index in [9.17, 15) is 5.11 Å². The topological polar surface area (TPSA) is 63.2 Å². The number of nitrogens with one attached hydrogen (secondary N) is 1. The van der Waals surface area contributed by atoms with Gasteiger partial charge in [-0.05, 0) is 24.6 Å². The van der Waals surface area contributed by atoms with Crippen molar-refractivity contribution in [2.75, 3.05) is 19.6 Å². The standard InChI is InChI=1S/C14H21N3O/c1-17-10-11(6-7-16-9-12(18)8-15)13-4-2-3-5-14(13)17/h2-5,10,12,16,18H,6-9,15H2,1H3. The molecule has 1 unspecified atom stereocenters. The van der Waals surface area contributed by atoms with Gasteiger partial charge in [0.25, 0.3) is 0 Å². The third kappa shape index (κ3) is 2.90. The Morgan fingerprint density at radius 2 is 2.17 bits per heavy atom. The van der Waals surface area contributed by atoms with Gasteiger partial charge < -0.3 is 20.7 Å². The predicted molar refractivity (Wildman–Crippen MR) is 74.6 cm³/mol. The Balaban J connectivity index is 1.96. The first-order chi connectivity index (χ1) is 8.72. The average Bonchev–Trinajstić information content (AvgIpc) is 2.72. The molecular weight excluding hydrogens is 226 g/mol. The molecule has 98 valence electrons. The molecule has 4 nitrogen and oxygen atoms in total. The maximum absolute atomic E-state index is 9.34. The Morgan fingerprint density at radius 3 is 2.94 bits per heavy atom. The van der Waals surface area contributed by atoms with Crippen molar-refractivity contribution in [1.82, 2.24) is 9.88 Å². The minimum absolute atomic E-state index is 0.307. The van der Waals surface area contributed by atoms with Crippen molar-refractivity contribution < 1.29 is 5.11 Å². The van der Waals surface area contributed by atoms with Crippen LogP contribution in [0.1, 0.15) is 5.56 Å². The van der Waals surface area contributed by atoms with Crippen molar-refractivity contribution in [2.24, 2.45) is 12.8 Å². The molecule has 2 rings (SSSR count). The van der Waals surface area contributed by atoms with E-state index in [2.05, 4.69) is 47.4 Å². The highest BCUT2D eigenvalue weighted by atomic mass is 16.3. The summed E-state index contributed by atoms with van der Waals surface area (Å²) in [6, 6.07) is 8.41. The first-order valence-corrected chi connectivity index (χ1v) is 6.34. The second-order valence-electron chi connectivity index (χ2n) is 4.63. The summed E-state index contributed by atoms with van der Waals surface area (Å²) in [5.41, 5.74) is 7.94. The first-order valence-electron chi connectivity index (χ1n) is 6.34. The highest BCUT2D eigenvalue weighted by Gasteiger charge is 2.05. The van der Waals surface area contributed by atoms with E-state index < -0.39 is 6.10 Å². The van der Waals surface area contributed by atoms with Crippen molar-refractivity contribution in [3.8, 4) is 0 Å². The number of nitrogens with two attached hydrogens (primary N) is 1. The van der Waals surface area contributed by atoms with Crippen LogP contribution in [-0.2, 0) is 13.5 Å². The van der Waals surface area contributed by atoms with Gasteiger partial charge in [-0.3, -0.25) is 0 Å². The number of rotatable bonds is 6. The third-order valence-corrected chi connectivity index (χ3v) is 3.20. The lowest BCUT2D eigenvalue weighted by atomic mass is 10.1. The molecule has 4 heteroatoms. The van der Waals surface area contributed by atoms with Gasteiger partial charge in [-0.1, -0.05) is 18.2 Å². The van der Waals surface area contributed by atoms with Gasteiger partial charge in [-0.2, -0.15) is 0 Å². The molecule has 0 spiro atoms. The smallest absolute Gasteiger partial charge is 0.0786 e. The van der Waals surface area contributed by atoms with Gasteiger partial charge in [-0.25, -0.2) is 0 Å². The number of para-hydroxylation sites is 1. The predicted octanol–water partition coefficient (Wildman–Crippen LogP) is 0.630. The zero-order valence-corrected chi connectivity index (χ0v) is 10.8. The van der Waals surface area contributed by atoms with E-state index >= 15 is 0 Å². The minimum atomic E-state index is -0.447. The van der Waals surface area contributed by atoms with Gasteiger partial charge >= 0.3 is 0 Å². The van der Waals surface area contributed by atoms with E-state index in [1.807, 2.05) is 0 Å². The highest BCUT2D eigenvalue weighted by molar-refractivity contribution is 5.83. The molecular formula is C14H21N3O. The normalized spacial score (nSPS) is 13.1. The fraction of sp³-hybridized carbons (Fsp3) is 0.429. The molecule has 0 saturated heterocycles. The zero-order chi connectivity index (χ0) is 13.0. The molecule has 0 aliphatic heterocycles. The highest BCUT2D eigenvalue weighted by Crippen LogP contribution is 2.20. The van der Waals surface area contributed by atoms with Crippen molar-refractivity contribution in [3.05, 3.63) is 36.0 Å². The van der Waals surface area contributed by atoms with Crippen LogP contribution in [0.15, 0.2) is 30.5 Å². The number of hydrogen-bond donors (Lipinski definition) is 3. The lowest BCUT2D eigenvalue weighted by molar-refractivity contribution is 0.180. The molecule has 0 aliphatic rings. The molecule has 1 aromatic heterocycles. The Morgan fingerprint density at radius 1 is 1.39 bits per heavy atom. The number of nitrogens with zero attached hydrogens (tertiary/aromatic N) is 1. The number of aliphatic hydroxyl groups excluding tert-OH is 1. The van der Waals surface area contributed by atoms with Crippen LogP contribution in [-0.4, -0.2) is 35.4 Å². The third-order valence-electron chi connectivity index (χ3n) is 3.20. The maximum Gasteiger partial charge on any atom is 0.0786 e. The summed E-state index contributed by atoms with van der Waals surface area (Å²) in [6.07, 6.45) is 2.68. The van der Waals surface area contributed by atoms with Crippen LogP contribution in [0, 0.1) is 0 Å². The van der Waals surface area contributed by atoms with Crippen molar-refractivity contribution in [1.29, 1.82) is 0 Å².